The Bertz CT molecular complexity index is 182. The minimum Gasteiger partial charge on any atom is -0.378 e. The van der Waals surface area contributed by atoms with Crippen LogP contribution in [0.15, 0.2) is 21.8 Å². The van der Waals surface area contributed by atoms with Crippen molar-refractivity contribution in [1.29, 1.82) is 0 Å². The first-order valence-electron chi connectivity index (χ1n) is 3.14. The Morgan fingerprint density at radius 1 is 1.60 bits per heavy atom. The maximum atomic E-state index is 4.90. The molecule has 0 aromatic heterocycles. The van der Waals surface area contributed by atoms with Gasteiger partial charge in [-0.15, -0.1) is 0 Å². The quantitative estimate of drug-likeness (QED) is 0.552. The third-order valence-corrected chi connectivity index (χ3v) is 1.14. The van der Waals surface area contributed by atoms with Crippen molar-refractivity contribution in [3.63, 3.8) is 0 Å². The second-order valence-electron chi connectivity index (χ2n) is 1.92. The minimum absolute atomic E-state index is 0.569. The van der Waals surface area contributed by atoms with Crippen molar-refractivity contribution in [3.05, 3.63) is 11.8 Å². The molecule has 1 rings (SSSR count). The summed E-state index contributed by atoms with van der Waals surface area (Å²) in [6.07, 6.45) is 5.32. The lowest BCUT2D eigenvalue weighted by molar-refractivity contribution is 0.225. The molecular weight excluding hydrogens is 128 g/mol. The average molecular weight is 138 g/mol. The van der Waals surface area contributed by atoms with E-state index in [1.54, 1.807) is 19.5 Å². The monoisotopic (exact) mass is 138 g/mol. The van der Waals surface area contributed by atoms with Crippen LogP contribution in [0, 0.1) is 0 Å². The number of methoxy groups -OCH3 is 1. The fraction of sp³-hybridized carbons (Fsp3) is 0.429. The number of nitrogens with zero attached hydrogens (tertiary/aromatic N) is 2. The second-order valence-corrected chi connectivity index (χ2v) is 1.92. The first kappa shape index (κ1) is 7.15. The van der Waals surface area contributed by atoms with Gasteiger partial charge in [0.05, 0.1) is 18.8 Å². The highest BCUT2D eigenvalue weighted by Crippen LogP contribution is 1.97. The van der Waals surface area contributed by atoms with Gasteiger partial charge in [0, 0.05) is 19.5 Å². The van der Waals surface area contributed by atoms with Crippen LogP contribution in [0.3, 0.4) is 0 Å². The lowest BCUT2D eigenvalue weighted by Gasteiger charge is -1.95. The van der Waals surface area contributed by atoms with Crippen molar-refractivity contribution in [2.24, 2.45) is 9.98 Å². The molecule has 10 heavy (non-hydrogen) atoms. The van der Waals surface area contributed by atoms with E-state index in [1.165, 1.54) is 0 Å². The summed E-state index contributed by atoms with van der Waals surface area (Å²) in [6.45, 7) is 1.28. The van der Waals surface area contributed by atoms with Gasteiger partial charge in [0.1, 0.15) is 0 Å². The SMILES string of the molecule is COCC1=CCN=CC=N1. The molecule has 3 nitrogen and oxygen atoms in total. The molecule has 54 valence electrons. The van der Waals surface area contributed by atoms with Crippen molar-refractivity contribution < 1.29 is 4.74 Å². The predicted molar refractivity (Wildman–Crippen MR) is 41.8 cm³/mol. The zero-order valence-electron chi connectivity index (χ0n) is 5.95. The topological polar surface area (TPSA) is 34.0 Å². The zero-order valence-corrected chi connectivity index (χ0v) is 5.95. The first-order valence-corrected chi connectivity index (χ1v) is 3.14. The molecule has 0 N–H and O–H groups in total. The molecule has 0 unspecified atom stereocenters. The number of ether oxygens (including phenoxy) is 1. The van der Waals surface area contributed by atoms with Gasteiger partial charge in [0.2, 0.25) is 0 Å². The summed E-state index contributed by atoms with van der Waals surface area (Å²) in [6, 6.07) is 0. The number of hydrogen-bond donors (Lipinski definition) is 0. The Balaban J connectivity index is 2.51. The summed E-state index contributed by atoms with van der Waals surface area (Å²) in [4.78, 5) is 8.07. The van der Waals surface area contributed by atoms with E-state index in [-0.39, 0.29) is 0 Å². The van der Waals surface area contributed by atoms with Gasteiger partial charge in [-0.05, 0) is 6.08 Å². The number of hydrogen-bond acceptors (Lipinski definition) is 3. The van der Waals surface area contributed by atoms with Gasteiger partial charge in [0.25, 0.3) is 0 Å². The van der Waals surface area contributed by atoms with Crippen molar-refractivity contribution in [2.45, 2.75) is 0 Å². The first-order chi connectivity index (χ1) is 4.93. The van der Waals surface area contributed by atoms with Crippen molar-refractivity contribution in [1.82, 2.24) is 0 Å². The largest absolute Gasteiger partial charge is 0.378 e. The minimum atomic E-state index is 0.569. The van der Waals surface area contributed by atoms with Crippen molar-refractivity contribution >= 4 is 12.4 Å². The summed E-state index contributed by atoms with van der Waals surface area (Å²) in [5.74, 6) is 0. The normalized spacial score (nSPS) is 16.7. The second kappa shape index (κ2) is 3.95. The number of aliphatic imine (C=N–C) groups is 2. The van der Waals surface area contributed by atoms with Crippen LogP contribution in [-0.2, 0) is 4.74 Å². The van der Waals surface area contributed by atoms with Crippen LogP contribution in [0.5, 0.6) is 0 Å². The van der Waals surface area contributed by atoms with Crippen LogP contribution in [0.2, 0.25) is 0 Å². The fourth-order valence-corrected chi connectivity index (χ4v) is 0.692. The van der Waals surface area contributed by atoms with Crippen LogP contribution in [0.25, 0.3) is 0 Å². The molecule has 3 heteroatoms. The van der Waals surface area contributed by atoms with Crippen LogP contribution in [-0.4, -0.2) is 32.7 Å². The molecule has 0 bridgehead atoms. The smallest absolute Gasteiger partial charge is 0.0881 e. The molecule has 0 aromatic rings. The van der Waals surface area contributed by atoms with E-state index in [1.807, 2.05) is 6.08 Å². The summed E-state index contributed by atoms with van der Waals surface area (Å²) in [7, 11) is 1.65. The van der Waals surface area contributed by atoms with Gasteiger partial charge in [-0.25, -0.2) is 0 Å². The molecule has 1 aliphatic rings. The molecule has 0 saturated heterocycles. The lowest BCUT2D eigenvalue weighted by Crippen LogP contribution is -1.91. The highest BCUT2D eigenvalue weighted by atomic mass is 16.5. The van der Waals surface area contributed by atoms with Gasteiger partial charge in [-0.3, -0.25) is 9.98 Å². The van der Waals surface area contributed by atoms with Gasteiger partial charge >= 0.3 is 0 Å². The van der Waals surface area contributed by atoms with Gasteiger partial charge in [-0.2, -0.15) is 0 Å². The standard InChI is InChI=1S/C7H10N2O/c1-10-6-7-2-3-8-4-5-9-7/h2,4-5H,3,6H2,1H3. The molecular formula is C7H10N2O. The van der Waals surface area contributed by atoms with Crippen LogP contribution >= 0.6 is 0 Å². The van der Waals surface area contributed by atoms with Crippen molar-refractivity contribution in [2.75, 3.05) is 20.3 Å². The molecule has 0 saturated carbocycles. The Hall–Kier alpha value is -0.960. The summed E-state index contributed by atoms with van der Waals surface area (Å²) < 4.78 is 4.90. The summed E-state index contributed by atoms with van der Waals surface area (Å²) >= 11 is 0. The highest BCUT2D eigenvalue weighted by Gasteiger charge is 1.92. The molecule has 0 aliphatic carbocycles. The summed E-state index contributed by atoms with van der Waals surface area (Å²) in [5.41, 5.74) is 0.944. The molecule has 0 atom stereocenters. The molecule has 0 fully saturated rings. The Morgan fingerprint density at radius 3 is 3.30 bits per heavy atom. The van der Waals surface area contributed by atoms with Crippen LogP contribution in [0.1, 0.15) is 0 Å². The zero-order chi connectivity index (χ0) is 7.23. The molecule has 0 spiro atoms. The van der Waals surface area contributed by atoms with Gasteiger partial charge in [0.15, 0.2) is 0 Å². The van der Waals surface area contributed by atoms with Crippen LogP contribution < -0.4 is 0 Å². The van der Waals surface area contributed by atoms with E-state index >= 15 is 0 Å². The van der Waals surface area contributed by atoms with Gasteiger partial charge in [-0.1, -0.05) is 0 Å². The predicted octanol–water partition coefficient (Wildman–Crippen LogP) is 0.672. The number of rotatable bonds is 2. The third-order valence-electron chi connectivity index (χ3n) is 1.14. The van der Waals surface area contributed by atoms with E-state index in [9.17, 15) is 0 Å². The highest BCUT2D eigenvalue weighted by molar-refractivity contribution is 6.16. The maximum absolute atomic E-state index is 4.90. The van der Waals surface area contributed by atoms with E-state index < -0.39 is 0 Å². The molecule has 0 amide bonds. The fourth-order valence-electron chi connectivity index (χ4n) is 0.692. The molecule has 0 radical (unpaired) electrons. The summed E-state index contributed by atoms with van der Waals surface area (Å²) in [5, 5.41) is 0. The van der Waals surface area contributed by atoms with Gasteiger partial charge < -0.3 is 4.74 Å². The maximum Gasteiger partial charge on any atom is 0.0881 e. The molecule has 1 aliphatic heterocycles. The van der Waals surface area contributed by atoms with E-state index in [0.717, 1.165) is 5.70 Å². The Labute approximate surface area is 60.1 Å². The lowest BCUT2D eigenvalue weighted by atomic mass is 10.4. The van der Waals surface area contributed by atoms with E-state index in [2.05, 4.69) is 9.98 Å². The Morgan fingerprint density at radius 2 is 2.50 bits per heavy atom. The van der Waals surface area contributed by atoms with E-state index in [0.29, 0.717) is 13.2 Å². The average Bonchev–Trinajstić information content (AvgIpc) is 2.17. The molecule has 0 aromatic carbocycles. The van der Waals surface area contributed by atoms with Crippen molar-refractivity contribution in [3.8, 4) is 0 Å². The van der Waals surface area contributed by atoms with E-state index in [4.69, 9.17) is 4.74 Å². The van der Waals surface area contributed by atoms with Crippen LogP contribution in [0.4, 0.5) is 0 Å². The Kier molecular flexibility index (Phi) is 2.83. The third kappa shape index (κ3) is 2.11. The molecule has 1 heterocycles.